The molecule has 2 N–H and O–H groups in total. The third-order valence-corrected chi connectivity index (χ3v) is 6.05. The average Bonchev–Trinajstić information content (AvgIpc) is 2.83. The van der Waals surface area contributed by atoms with Gasteiger partial charge in [-0.2, -0.15) is 0 Å². The van der Waals surface area contributed by atoms with E-state index in [2.05, 4.69) is 10.0 Å². The van der Waals surface area contributed by atoms with E-state index in [-0.39, 0.29) is 23.2 Å². The van der Waals surface area contributed by atoms with Crippen molar-refractivity contribution in [3.8, 4) is 0 Å². The van der Waals surface area contributed by atoms with Gasteiger partial charge in [-0.05, 0) is 31.9 Å². The second-order valence-corrected chi connectivity index (χ2v) is 8.46. The van der Waals surface area contributed by atoms with Gasteiger partial charge in [-0.1, -0.05) is 25.7 Å². The van der Waals surface area contributed by atoms with E-state index in [1.165, 1.54) is 32.1 Å². The largest absolute Gasteiger partial charge is 0.383 e. The molecular formula is C17H27N3O5S. The van der Waals surface area contributed by atoms with Gasteiger partial charge in [0.2, 0.25) is 10.0 Å². The monoisotopic (exact) mass is 385 g/mol. The molecule has 0 aromatic heterocycles. The summed E-state index contributed by atoms with van der Waals surface area (Å²) in [5.41, 5.74) is 0.141. The molecule has 1 aliphatic carbocycles. The molecule has 0 saturated heterocycles. The van der Waals surface area contributed by atoms with Crippen molar-refractivity contribution in [1.29, 1.82) is 0 Å². The summed E-state index contributed by atoms with van der Waals surface area (Å²) in [7, 11) is -2.38. The molecule has 1 saturated carbocycles. The predicted molar refractivity (Wildman–Crippen MR) is 99.9 cm³/mol. The molecule has 1 aromatic rings. The number of anilines is 1. The Kier molecular flexibility index (Phi) is 7.36. The summed E-state index contributed by atoms with van der Waals surface area (Å²) in [4.78, 5) is 10.8. The van der Waals surface area contributed by atoms with Crippen molar-refractivity contribution in [1.82, 2.24) is 4.72 Å². The van der Waals surface area contributed by atoms with E-state index < -0.39 is 21.0 Å². The lowest BCUT2D eigenvalue weighted by Gasteiger charge is -2.18. The van der Waals surface area contributed by atoms with Crippen LogP contribution >= 0.6 is 0 Å². The molecule has 0 radical (unpaired) electrons. The summed E-state index contributed by atoms with van der Waals surface area (Å²) in [5.74, 6) is 0. The number of nitrogens with zero attached hydrogens (tertiary/aromatic N) is 1. The third-order valence-electron chi connectivity index (χ3n) is 4.46. The van der Waals surface area contributed by atoms with Gasteiger partial charge in [0.15, 0.2) is 0 Å². The number of methoxy groups -OCH3 is 1. The van der Waals surface area contributed by atoms with Gasteiger partial charge in [-0.3, -0.25) is 10.1 Å². The van der Waals surface area contributed by atoms with Crippen LogP contribution in [0, 0.1) is 10.1 Å². The first kappa shape index (κ1) is 20.6. The van der Waals surface area contributed by atoms with E-state index in [0.29, 0.717) is 5.69 Å². The topological polar surface area (TPSA) is 111 Å². The fourth-order valence-corrected chi connectivity index (χ4v) is 4.46. The highest BCUT2D eigenvalue weighted by molar-refractivity contribution is 7.89. The SMILES string of the molecule is COC[C@@H](C)NS(=O)(=O)c1ccc(NC2CCCCCC2)c([N+](=O)[O-])c1. The lowest BCUT2D eigenvalue weighted by atomic mass is 10.1. The molecule has 8 nitrogen and oxygen atoms in total. The molecule has 0 unspecified atom stereocenters. The second-order valence-electron chi connectivity index (χ2n) is 6.75. The van der Waals surface area contributed by atoms with Gasteiger partial charge in [0.05, 0.1) is 16.4 Å². The molecule has 1 aliphatic rings. The smallest absolute Gasteiger partial charge is 0.293 e. The highest BCUT2D eigenvalue weighted by Gasteiger charge is 2.24. The van der Waals surface area contributed by atoms with Crippen molar-refractivity contribution in [2.75, 3.05) is 19.0 Å². The fourth-order valence-electron chi connectivity index (χ4n) is 3.21. The van der Waals surface area contributed by atoms with Crippen LogP contribution in [0.25, 0.3) is 0 Å². The number of hydrogen-bond acceptors (Lipinski definition) is 6. The predicted octanol–water partition coefficient (Wildman–Crippen LogP) is 3.04. The molecule has 0 bridgehead atoms. The van der Waals surface area contributed by atoms with E-state index in [1.807, 2.05) is 0 Å². The number of nitro groups is 1. The van der Waals surface area contributed by atoms with E-state index in [4.69, 9.17) is 4.74 Å². The van der Waals surface area contributed by atoms with Crippen LogP contribution in [0.3, 0.4) is 0 Å². The van der Waals surface area contributed by atoms with E-state index in [9.17, 15) is 18.5 Å². The molecular weight excluding hydrogens is 358 g/mol. The molecule has 0 amide bonds. The Balaban J connectivity index is 2.23. The van der Waals surface area contributed by atoms with Crippen molar-refractivity contribution in [2.45, 2.75) is 62.4 Å². The second kappa shape index (κ2) is 9.29. The van der Waals surface area contributed by atoms with Crippen LogP contribution in [0.15, 0.2) is 23.1 Å². The Labute approximate surface area is 154 Å². The number of hydrogen-bond donors (Lipinski definition) is 2. The zero-order valence-electron chi connectivity index (χ0n) is 15.2. The lowest BCUT2D eigenvalue weighted by Crippen LogP contribution is -2.35. The third kappa shape index (κ3) is 5.65. The van der Waals surface area contributed by atoms with Gasteiger partial charge < -0.3 is 10.1 Å². The molecule has 9 heteroatoms. The van der Waals surface area contributed by atoms with Gasteiger partial charge in [-0.15, -0.1) is 0 Å². The summed E-state index contributed by atoms with van der Waals surface area (Å²) >= 11 is 0. The number of benzene rings is 1. The first-order valence-electron chi connectivity index (χ1n) is 8.89. The average molecular weight is 385 g/mol. The zero-order valence-corrected chi connectivity index (χ0v) is 16.0. The molecule has 1 aromatic carbocycles. The van der Waals surface area contributed by atoms with E-state index in [0.717, 1.165) is 31.7 Å². The minimum absolute atomic E-state index is 0.126. The van der Waals surface area contributed by atoms with E-state index >= 15 is 0 Å². The number of nitro benzene ring substituents is 1. The summed E-state index contributed by atoms with van der Waals surface area (Å²) in [6, 6.07) is 3.74. The van der Waals surface area contributed by atoms with Crippen LogP contribution in [0.5, 0.6) is 0 Å². The van der Waals surface area contributed by atoms with Crippen LogP contribution in [0.1, 0.15) is 45.4 Å². The Hall–Kier alpha value is -1.71. The van der Waals surface area contributed by atoms with Crippen molar-refractivity contribution in [2.24, 2.45) is 0 Å². The number of sulfonamides is 1. The summed E-state index contributed by atoms with van der Waals surface area (Å²) in [5, 5.41) is 14.7. The van der Waals surface area contributed by atoms with Crippen LogP contribution in [-0.4, -0.2) is 39.1 Å². The maximum atomic E-state index is 12.4. The van der Waals surface area contributed by atoms with Crippen LogP contribution < -0.4 is 10.0 Å². The Morgan fingerprint density at radius 2 is 1.92 bits per heavy atom. The van der Waals surface area contributed by atoms with Crippen LogP contribution in [0.2, 0.25) is 0 Å². The van der Waals surface area contributed by atoms with Crippen molar-refractivity contribution in [3.05, 3.63) is 28.3 Å². The zero-order chi connectivity index (χ0) is 19.2. The maximum Gasteiger partial charge on any atom is 0.293 e. The fraction of sp³-hybridized carbons (Fsp3) is 0.647. The maximum absolute atomic E-state index is 12.4. The Morgan fingerprint density at radius 3 is 2.50 bits per heavy atom. The highest BCUT2D eigenvalue weighted by Crippen LogP contribution is 2.30. The molecule has 0 spiro atoms. The van der Waals surface area contributed by atoms with Crippen molar-refractivity contribution in [3.63, 3.8) is 0 Å². The van der Waals surface area contributed by atoms with Gasteiger partial charge in [-0.25, -0.2) is 13.1 Å². The van der Waals surface area contributed by atoms with Gasteiger partial charge >= 0.3 is 0 Å². The molecule has 1 fully saturated rings. The molecule has 0 aliphatic heterocycles. The summed E-state index contributed by atoms with van der Waals surface area (Å²) in [6.45, 7) is 1.88. The first-order valence-corrected chi connectivity index (χ1v) is 10.4. The normalized spacial score (nSPS) is 17.5. The minimum atomic E-state index is -3.86. The van der Waals surface area contributed by atoms with Gasteiger partial charge in [0, 0.05) is 25.3 Å². The lowest BCUT2D eigenvalue weighted by molar-refractivity contribution is -0.384. The summed E-state index contributed by atoms with van der Waals surface area (Å²) in [6.07, 6.45) is 6.49. The molecule has 2 rings (SSSR count). The number of ether oxygens (including phenoxy) is 1. The summed E-state index contributed by atoms with van der Waals surface area (Å²) < 4.78 is 32.2. The van der Waals surface area contributed by atoms with Crippen LogP contribution in [0.4, 0.5) is 11.4 Å². The number of nitrogens with one attached hydrogen (secondary N) is 2. The minimum Gasteiger partial charge on any atom is -0.383 e. The first-order chi connectivity index (χ1) is 12.3. The quantitative estimate of drug-likeness (QED) is 0.404. The Bertz CT molecular complexity index is 715. The van der Waals surface area contributed by atoms with Gasteiger partial charge in [0.25, 0.3) is 5.69 Å². The van der Waals surface area contributed by atoms with Crippen molar-refractivity contribution < 1.29 is 18.1 Å². The highest BCUT2D eigenvalue weighted by atomic mass is 32.2. The Morgan fingerprint density at radius 1 is 1.27 bits per heavy atom. The molecule has 0 heterocycles. The standard InChI is InChI=1S/C17H27N3O5S/c1-13(12-25-2)19-26(23,24)15-9-10-16(17(11-15)20(21)22)18-14-7-5-3-4-6-8-14/h9-11,13-14,18-19H,3-8,12H2,1-2H3/t13-/m1/s1. The van der Waals surface area contributed by atoms with Crippen LogP contribution in [-0.2, 0) is 14.8 Å². The molecule has 26 heavy (non-hydrogen) atoms. The molecule has 1 atom stereocenters. The number of rotatable bonds is 8. The van der Waals surface area contributed by atoms with E-state index in [1.54, 1.807) is 6.92 Å². The molecule has 146 valence electrons. The van der Waals surface area contributed by atoms with Crippen molar-refractivity contribution >= 4 is 21.4 Å². The van der Waals surface area contributed by atoms with Gasteiger partial charge in [0.1, 0.15) is 5.69 Å².